The van der Waals surface area contributed by atoms with Gasteiger partial charge in [0.05, 0.1) is 18.6 Å². The zero-order chi connectivity index (χ0) is 15.5. The largest absolute Gasteiger partial charge is 0.495 e. The molecule has 0 fully saturated rings. The predicted molar refractivity (Wildman–Crippen MR) is 80.6 cm³/mol. The lowest BCUT2D eigenvalue weighted by molar-refractivity contribution is -0.139. The van der Waals surface area contributed by atoms with Crippen LogP contribution in [0, 0.1) is 5.41 Å². The minimum Gasteiger partial charge on any atom is -0.495 e. The third kappa shape index (κ3) is 4.54. The van der Waals surface area contributed by atoms with Gasteiger partial charge in [0.25, 0.3) is 0 Å². The third-order valence-corrected chi connectivity index (χ3v) is 3.70. The summed E-state index contributed by atoms with van der Waals surface area (Å²) in [6.07, 6.45) is 0.532. The number of carboxylic acid groups (broad SMARTS) is 1. The second-order valence-electron chi connectivity index (χ2n) is 5.55. The topological polar surface area (TPSA) is 72.5 Å². The van der Waals surface area contributed by atoms with Crippen LogP contribution in [0.3, 0.4) is 0 Å². The van der Waals surface area contributed by atoms with Crippen LogP contribution >= 0.6 is 23.2 Å². The number of carboxylic acids is 1. The molecule has 4 nitrogen and oxygen atoms in total. The van der Waals surface area contributed by atoms with E-state index >= 15 is 0 Å². The van der Waals surface area contributed by atoms with Crippen molar-refractivity contribution in [3.05, 3.63) is 27.7 Å². The second-order valence-corrected chi connectivity index (χ2v) is 6.37. The molecular weight excluding hydrogens is 301 g/mol. The molecule has 0 spiro atoms. The highest BCUT2D eigenvalue weighted by atomic mass is 35.5. The molecule has 1 aromatic rings. The molecule has 0 aliphatic carbocycles. The van der Waals surface area contributed by atoms with Crippen LogP contribution < -0.4 is 10.5 Å². The van der Waals surface area contributed by atoms with Crippen LogP contribution in [0.25, 0.3) is 0 Å². The Balaban J connectivity index is 2.95. The highest BCUT2D eigenvalue weighted by Crippen LogP contribution is 2.38. The number of hydrogen-bond donors (Lipinski definition) is 2. The molecular formula is C14H19Cl2NO3. The molecule has 1 atom stereocenters. The fourth-order valence-electron chi connectivity index (χ4n) is 2.17. The van der Waals surface area contributed by atoms with E-state index < -0.39 is 11.4 Å². The van der Waals surface area contributed by atoms with Gasteiger partial charge in [-0.25, -0.2) is 0 Å². The van der Waals surface area contributed by atoms with Gasteiger partial charge in [-0.05, 0) is 23.5 Å². The van der Waals surface area contributed by atoms with Gasteiger partial charge in [0.2, 0.25) is 0 Å². The first-order chi connectivity index (χ1) is 9.16. The molecule has 1 aromatic carbocycles. The average molecular weight is 320 g/mol. The summed E-state index contributed by atoms with van der Waals surface area (Å²) in [5.74, 6) is -0.363. The standard InChI is InChI=1S/C14H19Cl2NO3/c1-14(2,7-13(18)19)6-11(17)8-4-10(16)12(20-3)5-9(8)15/h4-5,11H,6-7,17H2,1-3H3,(H,18,19). The zero-order valence-electron chi connectivity index (χ0n) is 11.7. The maximum Gasteiger partial charge on any atom is 0.303 e. The molecule has 3 N–H and O–H groups in total. The van der Waals surface area contributed by atoms with Crippen LogP contribution in [0.15, 0.2) is 12.1 Å². The molecule has 1 rings (SSSR count). The van der Waals surface area contributed by atoms with E-state index in [1.54, 1.807) is 12.1 Å². The van der Waals surface area contributed by atoms with E-state index in [1.165, 1.54) is 7.11 Å². The first-order valence-corrected chi connectivity index (χ1v) is 6.92. The highest BCUT2D eigenvalue weighted by molar-refractivity contribution is 6.34. The Labute approximate surface area is 128 Å². The number of hydrogen-bond acceptors (Lipinski definition) is 3. The Morgan fingerprint density at radius 1 is 1.40 bits per heavy atom. The molecule has 6 heteroatoms. The smallest absolute Gasteiger partial charge is 0.303 e. The van der Waals surface area contributed by atoms with Crippen LogP contribution in [-0.4, -0.2) is 18.2 Å². The fraction of sp³-hybridized carbons (Fsp3) is 0.500. The van der Waals surface area contributed by atoms with Crippen molar-refractivity contribution in [1.29, 1.82) is 0 Å². The SMILES string of the molecule is COc1cc(Cl)c(C(N)CC(C)(C)CC(=O)O)cc1Cl. The van der Waals surface area contributed by atoms with E-state index in [2.05, 4.69) is 0 Å². The molecule has 0 saturated carbocycles. The van der Waals surface area contributed by atoms with E-state index in [-0.39, 0.29) is 12.5 Å². The molecule has 0 amide bonds. The quantitative estimate of drug-likeness (QED) is 0.834. The number of benzene rings is 1. The van der Waals surface area contributed by atoms with Crippen LogP contribution in [-0.2, 0) is 4.79 Å². The molecule has 0 bridgehead atoms. The molecule has 0 aromatic heterocycles. The van der Waals surface area contributed by atoms with E-state index in [9.17, 15) is 4.79 Å². The molecule has 20 heavy (non-hydrogen) atoms. The van der Waals surface area contributed by atoms with Crippen LogP contribution in [0.5, 0.6) is 5.75 Å². The van der Waals surface area contributed by atoms with Crippen molar-refractivity contribution in [1.82, 2.24) is 0 Å². The number of rotatable bonds is 6. The van der Waals surface area contributed by atoms with Crippen molar-refractivity contribution in [3.8, 4) is 5.75 Å². The minimum atomic E-state index is -0.846. The van der Waals surface area contributed by atoms with E-state index in [0.29, 0.717) is 27.8 Å². The lowest BCUT2D eigenvalue weighted by atomic mass is 9.81. The maximum absolute atomic E-state index is 10.8. The number of carbonyl (C=O) groups is 1. The Bertz CT molecular complexity index is 503. The van der Waals surface area contributed by atoms with Crippen molar-refractivity contribution in [3.63, 3.8) is 0 Å². The van der Waals surface area contributed by atoms with Crippen molar-refractivity contribution in [2.24, 2.45) is 11.1 Å². The lowest BCUT2D eigenvalue weighted by Gasteiger charge is -2.27. The summed E-state index contributed by atoms with van der Waals surface area (Å²) in [5, 5.41) is 9.79. The summed E-state index contributed by atoms with van der Waals surface area (Å²) in [5.41, 5.74) is 6.40. The van der Waals surface area contributed by atoms with Gasteiger partial charge in [0.1, 0.15) is 5.75 Å². The Morgan fingerprint density at radius 3 is 2.50 bits per heavy atom. The van der Waals surface area contributed by atoms with Crippen LogP contribution in [0.2, 0.25) is 10.0 Å². The summed E-state index contributed by atoms with van der Waals surface area (Å²) in [4.78, 5) is 10.8. The average Bonchev–Trinajstić information content (AvgIpc) is 2.28. The maximum atomic E-state index is 10.8. The summed E-state index contributed by atoms with van der Waals surface area (Å²) in [6, 6.07) is 2.90. The first-order valence-electron chi connectivity index (χ1n) is 6.16. The van der Waals surface area contributed by atoms with Crippen molar-refractivity contribution in [2.75, 3.05) is 7.11 Å². The van der Waals surface area contributed by atoms with E-state index in [1.807, 2.05) is 13.8 Å². The number of halogens is 2. The van der Waals surface area contributed by atoms with Crippen molar-refractivity contribution < 1.29 is 14.6 Å². The van der Waals surface area contributed by atoms with Gasteiger partial charge in [0, 0.05) is 17.1 Å². The summed E-state index contributed by atoms with van der Waals surface area (Å²) >= 11 is 12.2. The van der Waals surface area contributed by atoms with E-state index in [0.717, 1.165) is 0 Å². The normalized spacial score (nSPS) is 13.1. The molecule has 112 valence electrons. The van der Waals surface area contributed by atoms with Gasteiger partial charge in [0.15, 0.2) is 0 Å². The Kier molecular flexibility index (Phi) is 5.68. The summed E-state index contributed by atoms with van der Waals surface area (Å²) in [6.45, 7) is 3.72. The van der Waals surface area contributed by atoms with Gasteiger partial charge in [-0.2, -0.15) is 0 Å². The highest BCUT2D eigenvalue weighted by Gasteiger charge is 2.26. The molecule has 0 heterocycles. The van der Waals surface area contributed by atoms with Gasteiger partial charge in [-0.1, -0.05) is 37.0 Å². The Hall–Kier alpha value is -0.970. The van der Waals surface area contributed by atoms with Gasteiger partial charge in [-0.3, -0.25) is 4.79 Å². The van der Waals surface area contributed by atoms with Gasteiger partial charge < -0.3 is 15.6 Å². The number of ether oxygens (including phenoxy) is 1. The number of nitrogens with two attached hydrogens (primary N) is 1. The predicted octanol–water partition coefficient (Wildman–Crippen LogP) is 3.89. The number of aliphatic carboxylic acids is 1. The molecule has 0 aliphatic rings. The van der Waals surface area contributed by atoms with Crippen molar-refractivity contribution in [2.45, 2.75) is 32.7 Å². The van der Waals surface area contributed by atoms with Gasteiger partial charge in [-0.15, -0.1) is 0 Å². The Morgan fingerprint density at radius 2 is 2.00 bits per heavy atom. The molecule has 0 aliphatic heterocycles. The van der Waals surface area contributed by atoms with E-state index in [4.69, 9.17) is 38.8 Å². The molecule has 1 unspecified atom stereocenters. The van der Waals surface area contributed by atoms with Crippen LogP contribution in [0.4, 0.5) is 0 Å². The zero-order valence-corrected chi connectivity index (χ0v) is 13.3. The molecule has 0 saturated heterocycles. The van der Waals surface area contributed by atoms with Crippen molar-refractivity contribution >= 4 is 29.2 Å². The second kappa shape index (κ2) is 6.66. The lowest BCUT2D eigenvalue weighted by Crippen LogP contribution is -2.24. The minimum absolute atomic E-state index is 0.0439. The fourth-order valence-corrected chi connectivity index (χ4v) is 2.71. The van der Waals surface area contributed by atoms with Gasteiger partial charge >= 0.3 is 5.97 Å². The summed E-state index contributed by atoms with van der Waals surface area (Å²) < 4.78 is 5.08. The third-order valence-electron chi connectivity index (χ3n) is 3.07. The number of methoxy groups -OCH3 is 1. The first kappa shape index (κ1) is 17.1. The summed E-state index contributed by atoms with van der Waals surface area (Å²) in [7, 11) is 1.51. The van der Waals surface area contributed by atoms with Crippen LogP contribution in [0.1, 0.15) is 38.3 Å². The monoisotopic (exact) mass is 319 g/mol. The molecule has 0 radical (unpaired) electrons.